The average Bonchev–Trinajstić information content (AvgIpc) is 3.14. The van der Waals surface area contributed by atoms with Crippen molar-refractivity contribution in [3.63, 3.8) is 0 Å². The van der Waals surface area contributed by atoms with Crippen LogP contribution in [0.25, 0.3) is 10.9 Å². The Balaban J connectivity index is 1.53. The lowest BCUT2D eigenvalue weighted by molar-refractivity contribution is 0.0291. The van der Waals surface area contributed by atoms with E-state index < -0.39 is 0 Å². The molecular formula is C24H28ClFN4O. The predicted octanol–water partition coefficient (Wildman–Crippen LogP) is 4.37. The molecule has 1 aromatic heterocycles. The first-order valence-electron chi connectivity index (χ1n) is 10.5. The molecule has 2 atom stereocenters. The molecule has 0 unspecified atom stereocenters. The Bertz CT molecular complexity index is 1090. The van der Waals surface area contributed by atoms with Crippen LogP contribution < -0.4 is 5.01 Å². The fourth-order valence-electron chi connectivity index (χ4n) is 4.34. The summed E-state index contributed by atoms with van der Waals surface area (Å²) in [6.45, 7) is 6.29. The van der Waals surface area contributed by atoms with Crippen LogP contribution in [0.1, 0.15) is 29.8 Å². The molecule has 0 spiro atoms. The Kier molecular flexibility index (Phi) is 5.95. The first-order valence-corrected chi connectivity index (χ1v) is 10.9. The third-order valence-corrected chi connectivity index (χ3v) is 6.41. The second-order valence-corrected chi connectivity index (χ2v) is 9.02. The number of nitrogens with zero attached hydrogens (tertiary/aromatic N) is 4. The van der Waals surface area contributed by atoms with Gasteiger partial charge in [0.1, 0.15) is 5.82 Å². The van der Waals surface area contributed by atoms with Gasteiger partial charge in [-0.05, 0) is 49.7 Å². The second kappa shape index (κ2) is 8.52. The minimum Gasteiger partial charge on any atom is -0.333 e. The maximum atomic E-state index is 13.4. The molecule has 7 heteroatoms. The van der Waals surface area contributed by atoms with Crippen LogP contribution in [-0.2, 0) is 6.54 Å². The van der Waals surface area contributed by atoms with Gasteiger partial charge in [0.15, 0.2) is 0 Å². The smallest absolute Gasteiger partial charge is 0.255 e. The second-order valence-electron chi connectivity index (χ2n) is 8.61. The summed E-state index contributed by atoms with van der Waals surface area (Å²) in [5.74, 6) is -0.263. The van der Waals surface area contributed by atoms with Gasteiger partial charge in [-0.1, -0.05) is 23.7 Å². The monoisotopic (exact) mass is 442 g/mol. The van der Waals surface area contributed by atoms with Gasteiger partial charge in [0.05, 0.1) is 16.1 Å². The fraction of sp³-hybridized carbons (Fsp3) is 0.375. The molecule has 0 radical (unpaired) electrons. The molecule has 1 aliphatic rings. The highest BCUT2D eigenvalue weighted by Gasteiger charge is 2.33. The number of amides is 1. The number of hydrogen-bond acceptors (Lipinski definition) is 3. The van der Waals surface area contributed by atoms with Crippen molar-refractivity contribution < 1.29 is 9.18 Å². The lowest BCUT2D eigenvalue weighted by Gasteiger charge is -2.44. The van der Waals surface area contributed by atoms with Gasteiger partial charge in [0.25, 0.3) is 5.91 Å². The van der Waals surface area contributed by atoms with Gasteiger partial charge in [-0.25, -0.2) is 4.39 Å². The van der Waals surface area contributed by atoms with Crippen molar-refractivity contribution in [2.75, 3.05) is 32.2 Å². The standard InChI is InChI=1S/C24H28ClFN4O/c1-16-14-29(17(2)13-28(16)15-18-5-7-20(26)8-6-18)24(31)21-11-19-9-10-30(27(3)4)23(19)12-22(21)25/h5-12,16-17H,13-15H2,1-4H3/t16-,17+/m0/s1. The molecular weight excluding hydrogens is 415 g/mol. The van der Waals surface area contributed by atoms with E-state index in [9.17, 15) is 9.18 Å². The molecule has 4 rings (SSSR count). The minimum atomic E-state index is -0.227. The van der Waals surface area contributed by atoms with Crippen molar-refractivity contribution >= 4 is 28.4 Å². The van der Waals surface area contributed by atoms with Gasteiger partial charge < -0.3 is 9.91 Å². The number of fused-ring (bicyclic) bond motifs is 1. The summed E-state index contributed by atoms with van der Waals surface area (Å²) in [4.78, 5) is 17.7. The van der Waals surface area contributed by atoms with E-state index in [0.29, 0.717) is 17.1 Å². The normalized spacial score (nSPS) is 19.7. The van der Waals surface area contributed by atoms with Gasteiger partial charge in [-0.15, -0.1) is 0 Å². The topological polar surface area (TPSA) is 31.7 Å². The number of carbonyl (C=O) groups excluding carboxylic acids is 1. The summed E-state index contributed by atoms with van der Waals surface area (Å²) in [5.41, 5.74) is 2.58. The van der Waals surface area contributed by atoms with Crippen LogP contribution in [-0.4, -0.2) is 59.7 Å². The molecule has 1 aliphatic heterocycles. The van der Waals surface area contributed by atoms with Crippen molar-refractivity contribution in [1.82, 2.24) is 14.5 Å². The van der Waals surface area contributed by atoms with Crippen LogP contribution in [0.5, 0.6) is 0 Å². The van der Waals surface area contributed by atoms with E-state index >= 15 is 0 Å². The van der Waals surface area contributed by atoms with Gasteiger partial charge in [-0.2, -0.15) is 0 Å². The Morgan fingerprint density at radius 3 is 2.48 bits per heavy atom. The van der Waals surface area contributed by atoms with Crippen LogP contribution in [0.3, 0.4) is 0 Å². The highest BCUT2D eigenvalue weighted by atomic mass is 35.5. The Labute approximate surface area is 187 Å². The molecule has 1 amide bonds. The van der Waals surface area contributed by atoms with E-state index in [1.54, 1.807) is 0 Å². The molecule has 2 heterocycles. The first-order chi connectivity index (χ1) is 14.7. The van der Waals surface area contributed by atoms with Crippen LogP contribution >= 0.6 is 11.6 Å². The number of hydrogen-bond donors (Lipinski definition) is 0. The third-order valence-electron chi connectivity index (χ3n) is 6.09. The number of carbonyl (C=O) groups is 1. The molecule has 31 heavy (non-hydrogen) atoms. The maximum absolute atomic E-state index is 13.4. The SMILES string of the molecule is C[C@@H]1CN(Cc2ccc(F)cc2)[C@@H](C)CN1C(=O)c1cc2ccn(N(C)C)c2cc1Cl. The Morgan fingerprint density at radius 2 is 1.81 bits per heavy atom. The van der Waals surface area contributed by atoms with Gasteiger partial charge in [0, 0.05) is 57.4 Å². The van der Waals surface area contributed by atoms with E-state index in [0.717, 1.165) is 29.6 Å². The largest absolute Gasteiger partial charge is 0.333 e. The number of halogens is 2. The lowest BCUT2D eigenvalue weighted by atomic mass is 10.0. The molecule has 5 nitrogen and oxygen atoms in total. The van der Waals surface area contributed by atoms with Crippen molar-refractivity contribution in [2.24, 2.45) is 0 Å². The quantitative estimate of drug-likeness (QED) is 0.601. The number of piperazine rings is 1. The summed E-state index contributed by atoms with van der Waals surface area (Å²) in [6.07, 6.45) is 1.97. The highest BCUT2D eigenvalue weighted by Crippen LogP contribution is 2.28. The van der Waals surface area contributed by atoms with E-state index in [1.807, 2.05) is 65.2 Å². The van der Waals surface area contributed by atoms with Crippen LogP contribution in [0.4, 0.5) is 4.39 Å². The van der Waals surface area contributed by atoms with Crippen molar-refractivity contribution in [2.45, 2.75) is 32.5 Å². The maximum Gasteiger partial charge on any atom is 0.255 e. The lowest BCUT2D eigenvalue weighted by Crippen LogP contribution is -2.57. The zero-order chi connectivity index (χ0) is 22.3. The minimum absolute atomic E-state index is 0.0368. The Hall–Kier alpha value is -2.57. The number of rotatable bonds is 4. The van der Waals surface area contributed by atoms with E-state index in [-0.39, 0.29) is 23.8 Å². The molecule has 3 aromatic rings. The summed E-state index contributed by atoms with van der Waals surface area (Å²) in [7, 11) is 3.92. The molecule has 0 saturated carbocycles. The molecule has 1 saturated heterocycles. The summed E-state index contributed by atoms with van der Waals surface area (Å²) >= 11 is 6.56. The van der Waals surface area contributed by atoms with Gasteiger partial charge in [-0.3, -0.25) is 14.4 Å². The number of benzene rings is 2. The van der Waals surface area contributed by atoms with Crippen molar-refractivity contribution in [3.8, 4) is 0 Å². The first kappa shape index (κ1) is 21.7. The molecule has 0 aliphatic carbocycles. The van der Waals surface area contributed by atoms with Crippen LogP contribution in [0.2, 0.25) is 5.02 Å². The molecule has 2 aromatic carbocycles. The van der Waals surface area contributed by atoms with Crippen LogP contribution in [0.15, 0.2) is 48.7 Å². The molecule has 0 N–H and O–H groups in total. The molecule has 164 valence electrons. The Morgan fingerprint density at radius 1 is 1.10 bits per heavy atom. The van der Waals surface area contributed by atoms with E-state index in [1.165, 1.54) is 12.1 Å². The van der Waals surface area contributed by atoms with Crippen molar-refractivity contribution in [3.05, 3.63) is 70.6 Å². The zero-order valence-corrected chi connectivity index (χ0v) is 19.1. The summed E-state index contributed by atoms with van der Waals surface area (Å²) in [5, 5.41) is 3.41. The molecule has 1 fully saturated rings. The number of aromatic nitrogens is 1. The molecule has 0 bridgehead atoms. The average molecular weight is 443 g/mol. The summed E-state index contributed by atoms with van der Waals surface area (Å²) in [6, 6.07) is 12.6. The fourth-order valence-corrected chi connectivity index (χ4v) is 4.57. The van der Waals surface area contributed by atoms with Gasteiger partial charge in [0.2, 0.25) is 0 Å². The van der Waals surface area contributed by atoms with Gasteiger partial charge >= 0.3 is 0 Å². The van der Waals surface area contributed by atoms with E-state index in [4.69, 9.17) is 11.6 Å². The summed E-state index contributed by atoms with van der Waals surface area (Å²) < 4.78 is 15.2. The predicted molar refractivity (Wildman–Crippen MR) is 124 cm³/mol. The van der Waals surface area contributed by atoms with E-state index in [2.05, 4.69) is 18.7 Å². The highest BCUT2D eigenvalue weighted by molar-refractivity contribution is 6.34. The van der Waals surface area contributed by atoms with Crippen molar-refractivity contribution in [1.29, 1.82) is 0 Å². The zero-order valence-electron chi connectivity index (χ0n) is 18.3. The third kappa shape index (κ3) is 4.27. The van der Waals surface area contributed by atoms with Crippen LogP contribution in [0, 0.1) is 5.82 Å².